The van der Waals surface area contributed by atoms with Gasteiger partial charge in [-0.05, 0) is 79.2 Å². The minimum atomic E-state index is 0. The average Bonchev–Trinajstić information content (AvgIpc) is 3.73. The Kier molecular flexibility index (Phi) is 12.3. The molecule has 5 heterocycles. The fraction of sp³-hybridized carbons (Fsp3) is 0.0938. The smallest absolute Gasteiger partial charge is 0.490 e. The molecule has 0 unspecified atom stereocenters. The van der Waals surface area contributed by atoms with Crippen LogP contribution in [0.4, 0.5) is 0 Å². The van der Waals surface area contributed by atoms with Gasteiger partial charge in [-0.25, -0.2) is 19.3 Å². The first kappa shape index (κ1) is 30.8. The van der Waals surface area contributed by atoms with Crippen LogP contribution < -0.4 is 4.74 Å². The first-order valence-corrected chi connectivity index (χ1v) is 12.6. The molecule has 0 saturated carbocycles. The number of aryl methyl sites for hydroxylation is 2. The summed E-state index contributed by atoms with van der Waals surface area (Å²) in [5.41, 5.74) is 4.21. The standard InChI is InChI=1S/C14H12NO.2C9H9N3.Os/c1-2-10-16-13-8-9-15-14(11-13)12-6-4-3-5-7-12;2*1-8-3-5-10-9(7-8)12-6-2-4-11-12;/h2-6,8-9,11H,1,10H2;2*2-7H,1H3;/q-1;;;+1. The second-order valence-electron chi connectivity index (χ2n) is 8.54. The fourth-order valence-corrected chi connectivity index (χ4v) is 3.46. The van der Waals surface area contributed by atoms with Crippen molar-refractivity contribution in [1.82, 2.24) is 34.5 Å². The summed E-state index contributed by atoms with van der Waals surface area (Å²) in [5, 5.41) is 8.16. The monoisotopic (exact) mass is 720 g/mol. The molecule has 6 aromatic rings. The Labute approximate surface area is 253 Å². The van der Waals surface area contributed by atoms with Gasteiger partial charge in [0.05, 0.1) is 0 Å². The summed E-state index contributed by atoms with van der Waals surface area (Å²) in [7, 11) is 0. The Balaban J connectivity index is 0.000000169. The van der Waals surface area contributed by atoms with Crippen LogP contribution in [-0.2, 0) is 19.8 Å². The quantitative estimate of drug-likeness (QED) is 0.149. The van der Waals surface area contributed by atoms with Crippen LogP contribution in [0.5, 0.6) is 5.75 Å². The summed E-state index contributed by atoms with van der Waals surface area (Å²) in [5.74, 6) is 2.52. The normalized spacial score (nSPS) is 9.71. The molecule has 0 atom stereocenters. The van der Waals surface area contributed by atoms with E-state index in [9.17, 15) is 0 Å². The number of benzene rings is 1. The Morgan fingerprint density at radius 2 is 1.37 bits per heavy atom. The molecule has 8 nitrogen and oxygen atoms in total. The molecule has 1 radical (unpaired) electrons. The first-order chi connectivity index (χ1) is 19.6. The second kappa shape index (κ2) is 16.4. The van der Waals surface area contributed by atoms with E-state index in [2.05, 4.69) is 37.8 Å². The molecule has 0 N–H and O–H groups in total. The summed E-state index contributed by atoms with van der Waals surface area (Å²) < 4.78 is 8.93. The van der Waals surface area contributed by atoms with E-state index in [1.165, 1.54) is 11.1 Å². The maximum atomic E-state index is 5.45. The summed E-state index contributed by atoms with van der Waals surface area (Å²) in [4.78, 5) is 12.6. The molecule has 0 aliphatic carbocycles. The molecule has 5 aromatic heterocycles. The number of hydrogen-bond acceptors (Lipinski definition) is 6. The zero-order valence-corrected chi connectivity index (χ0v) is 25.4. The minimum Gasteiger partial charge on any atom is -0.490 e. The van der Waals surface area contributed by atoms with Gasteiger partial charge in [0, 0.05) is 43.4 Å². The number of hydrogen-bond donors (Lipinski definition) is 0. The molecule has 0 saturated heterocycles. The molecule has 0 spiro atoms. The Hall–Kier alpha value is -4.73. The van der Waals surface area contributed by atoms with E-state index >= 15 is 0 Å². The molecule has 1 aromatic carbocycles. The van der Waals surface area contributed by atoms with Crippen LogP contribution in [0.3, 0.4) is 0 Å². The molecule has 6 rings (SSSR count). The molecule has 0 aliphatic heterocycles. The van der Waals surface area contributed by atoms with Crippen LogP contribution in [0.25, 0.3) is 22.9 Å². The van der Waals surface area contributed by atoms with Crippen molar-refractivity contribution in [3.8, 4) is 28.6 Å². The van der Waals surface area contributed by atoms with Crippen LogP contribution in [0.15, 0.2) is 129 Å². The zero-order chi connectivity index (χ0) is 28.0. The molecular weight excluding hydrogens is 689 g/mol. The maximum absolute atomic E-state index is 5.45. The molecule has 0 amide bonds. The summed E-state index contributed by atoms with van der Waals surface area (Å²) >= 11 is 0. The van der Waals surface area contributed by atoms with Gasteiger partial charge < -0.3 is 9.72 Å². The first-order valence-electron chi connectivity index (χ1n) is 12.6. The van der Waals surface area contributed by atoms with Crippen LogP contribution in [0.1, 0.15) is 11.1 Å². The van der Waals surface area contributed by atoms with E-state index in [4.69, 9.17) is 4.74 Å². The van der Waals surface area contributed by atoms with Crippen molar-refractivity contribution in [1.29, 1.82) is 0 Å². The topological polar surface area (TPSA) is 83.5 Å². The SMILES string of the molecule is C=CCOc1ccnc(-c2[c-]cccc2)c1.Cc1ccnc(-n2cccn2)c1.Cc1ccnc(-n2cccn2)c1.[Os+]. The van der Waals surface area contributed by atoms with E-state index in [-0.39, 0.29) is 19.8 Å². The van der Waals surface area contributed by atoms with E-state index in [0.29, 0.717) is 6.61 Å². The van der Waals surface area contributed by atoms with E-state index in [1.807, 2.05) is 99.0 Å². The van der Waals surface area contributed by atoms with Crippen molar-refractivity contribution in [3.63, 3.8) is 0 Å². The van der Waals surface area contributed by atoms with Gasteiger partial charge >= 0.3 is 19.8 Å². The fourth-order valence-electron chi connectivity index (χ4n) is 3.46. The van der Waals surface area contributed by atoms with Crippen molar-refractivity contribution in [2.75, 3.05) is 6.61 Å². The van der Waals surface area contributed by atoms with Gasteiger partial charge in [0.1, 0.15) is 12.4 Å². The molecule has 9 heteroatoms. The van der Waals surface area contributed by atoms with Gasteiger partial charge in [-0.15, -0.1) is 35.9 Å². The Morgan fingerprint density at radius 3 is 1.85 bits per heavy atom. The van der Waals surface area contributed by atoms with Crippen LogP contribution in [-0.4, -0.2) is 41.1 Å². The third-order valence-corrected chi connectivity index (χ3v) is 5.36. The largest absolute Gasteiger partial charge is 1.00 e. The third kappa shape index (κ3) is 9.75. The number of ether oxygens (including phenoxy) is 1. The number of pyridine rings is 3. The van der Waals surface area contributed by atoms with E-state index in [1.54, 1.807) is 46.4 Å². The predicted molar refractivity (Wildman–Crippen MR) is 156 cm³/mol. The maximum Gasteiger partial charge on any atom is 1.00 e. The molecule has 41 heavy (non-hydrogen) atoms. The van der Waals surface area contributed by atoms with Crippen molar-refractivity contribution < 1.29 is 24.5 Å². The Morgan fingerprint density at radius 1 is 0.756 bits per heavy atom. The summed E-state index contributed by atoms with van der Waals surface area (Å²) in [6.07, 6.45) is 14.2. The van der Waals surface area contributed by atoms with Gasteiger partial charge in [0.2, 0.25) is 0 Å². The van der Waals surface area contributed by atoms with Gasteiger partial charge in [-0.3, -0.25) is 0 Å². The molecule has 0 fully saturated rings. The van der Waals surface area contributed by atoms with Gasteiger partial charge in [-0.1, -0.05) is 12.7 Å². The number of aromatic nitrogens is 7. The Bertz CT molecular complexity index is 1510. The zero-order valence-electron chi connectivity index (χ0n) is 22.9. The van der Waals surface area contributed by atoms with Crippen molar-refractivity contribution in [3.05, 3.63) is 146 Å². The molecule has 0 bridgehead atoms. The van der Waals surface area contributed by atoms with Crippen LogP contribution >= 0.6 is 0 Å². The van der Waals surface area contributed by atoms with Gasteiger partial charge in [0.15, 0.2) is 11.6 Å². The van der Waals surface area contributed by atoms with Crippen molar-refractivity contribution >= 4 is 0 Å². The van der Waals surface area contributed by atoms with Crippen molar-refractivity contribution in [2.24, 2.45) is 0 Å². The number of nitrogens with zero attached hydrogens (tertiary/aromatic N) is 7. The van der Waals surface area contributed by atoms with Gasteiger partial charge in [0.25, 0.3) is 0 Å². The van der Waals surface area contributed by atoms with E-state index < -0.39 is 0 Å². The number of rotatable bonds is 6. The van der Waals surface area contributed by atoms with Crippen molar-refractivity contribution in [2.45, 2.75) is 13.8 Å². The second-order valence-corrected chi connectivity index (χ2v) is 8.54. The predicted octanol–water partition coefficient (Wildman–Crippen LogP) is 6.26. The summed E-state index contributed by atoms with van der Waals surface area (Å²) in [6, 6.07) is 26.3. The summed E-state index contributed by atoms with van der Waals surface area (Å²) in [6.45, 7) is 8.18. The van der Waals surface area contributed by atoms with Crippen LogP contribution in [0.2, 0.25) is 0 Å². The molecule has 207 valence electrons. The van der Waals surface area contributed by atoms with Crippen LogP contribution in [0, 0.1) is 19.9 Å². The average molecular weight is 719 g/mol. The minimum absolute atomic E-state index is 0. The molecular formula is C32H30N7OOs. The van der Waals surface area contributed by atoms with E-state index in [0.717, 1.165) is 28.6 Å². The molecule has 0 aliphatic rings. The third-order valence-electron chi connectivity index (χ3n) is 5.36. The van der Waals surface area contributed by atoms with Gasteiger partial charge in [-0.2, -0.15) is 10.2 Å².